The van der Waals surface area contributed by atoms with E-state index in [1.54, 1.807) is 18.3 Å². The van der Waals surface area contributed by atoms with E-state index >= 15 is 0 Å². The Morgan fingerprint density at radius 1 is 0.763 bits per heavy atom. The summed E-state index contributed by atoms with van der Waals surface area (Å²) in [6.07, 6.45) is 8.46. The second-order valence-corrected chi connectivity index (χ2v) is 10.4. The molecule has 1 aliphatic rings. The number of imidazole rings is 1. The average Bonchev–Trinajstić information content (AvgIpc) is 3.25. The number of carbonyl (C=O) groups is 2. The number of nitrogens with zero attached hydrogens (tertiary/aromatic N) is 1. The van der Waals surface area contributed by atoms with Crippen molar-refractivity contribution in [1.82, 2.24) is 9.97 Å². The van der Waals surface area contributed by atoms with Crippen LogP contribution in [0.2, 0.25) is 10.0 Å². The summed E-state index contributed by atoms with van der Waals surface area (Å²) in [5.41, 5.74) is 4.62. The molecular formula is C30H28Cl2N4O2. The van der Waals surface area contributed by atoms with Crippen LogP contribution in [0.4, 0.5) is 11.4 Å². The summed E-state index contributed by atoms with van der Waals surface area (Å²) in [4.78, 5) is 33.0. The number of rotatable bonds is 6. The number of hydrogen-bond donors (Lipinski definition) is 3. The molecule has 194 valence electrons. The Morgan fingerprint density at radius 2 is 1.39 bits per heavy atom. The Kier molecular flexibility index (Phi) is 8.11. The van der Waals surface area contributed by atoms with Gasteiger partial charge in [0, 0.05) is 28.4 Å². The van der Waals surface area contributed by atoms with Crippen molar-refractivity contribution in [3.05, 3.63) is 88.5 Å². The topological polar surface area (TPSA) is 86.9 Å². The maximum atomic E-state index is 12.7. The first kappa shape index (κ1) is 26.0. The Balaban J connectivity index is 1.21. The van der Waals surface area contributed by atoms with Gasteiger partial charge in [-0.15, -0.1) is 0 Å². The minimum atomic E-state index is -0.273. The van der Waals surface area contributed by atoms with Gasteiger partial charge in [0.1, 0.15) is 5.82 Å². The number of anilines is 2. The molecule has 0 radical (unpaired) electrons. The molecular weight excluding hydrogens is 519 g/mol. The van der Waals surface area contributed by atoms with Crippen molar-refractivity contribution < 1.29 is 9.59 Å². The highest BCUT2D eigenvalue weighted by Crippen LogP contribution is 2.27. The lowest BCUT2D eigenvalue weighted by Crippen LogP contribution is -2.22. The second-order valence-electron chi connectivity index (χ2n) is 9.56. The Labute approximate surface area is 231 Å². The molecule has 1 heterocycles. The molecule has 1 fully saturated rings. The monoisotopic (exact) mass is 546 g/mol. The van der Waals surface area contributed by atoms with Crippen LogP contribution in [0, 0.1) is 5.92 Å². The molecule has 4 aromatic rings. The highest BCUT2D eigenvalue weighted by molar-refractivity contribution is 6.42. The summed E-state index contributed by atoms with van der Waals surface area (Å²) < 4.78 is 0. The summed E-state index contributed by atoms with van der Waals surface area (Å²) in [6, 6.07) is 20.0. The highest BCUT2D eigenvalue weighted by Gasteiger charge is 2.20. The van der Waals surface area contributed by atoms with E-state index in [4.69, 9.17) is 23.2 Å². The van der Waals surface area contributed by atoms with Crippen LogP contribution >= 0.6 is 23.2 Å². The number of hydrogen-bond acceptors (Lipinski definition) is 3. The summed E-state index contributed by atoms with van der Waals surface area (Å²) in [6.45, 7) is 0. The predicted octanol–water partition coefficient (Wildman–Crippen LogP) is 8.21. The molecule has 1 aromatic heterocycles. The number of aromatic amines is 1. The first-order valence-electron chi connectivity index (χ1n) is 12.8. The van der Waals surface area contributed by atoms with E-state index in [0.717, 1.165) is 48.2 Å². The van der Waals surface area contributed by atoms with Gasteiger partial charge in [-0.1, -0.05) is 61.0 Å². The van der Waals surface area contributed by atoms with Gasteiger partial charge in [-0.05, 0) is 73.0 Å². The van der Waals surface area contributed by atoms with Gasteiger partial charge in [-0.2, -0.15) is 0 Å². The fourth-order valence-electron chi connectivity index (χ4n) is 4.69. The van der Waals surface area contributed by atoms with E-state index in [2.05, 4.69) is 20.6 Å². The number of carbonyl (C=O) groups excluding carboxylic acids is 2. The van der Waals surface area contributed by atoms with E-state index in [-0.39, 0.29) is 17.7 Å². The molecule has 0 aliphatic heterocycles. The average molecular weight is 547 g/mol. The van der Waals surface area contributed by atoms with Crippen LogP contribution in [-0.2, 0) is 4.79 Å². The third kappa shape index (κ3) is 6.26. The summed E-state index contributed by atoms with van der Waals surface area (Å²) in [5, 5.41) is 6.66. The van der Waals surface area contributed by atoms with Crippen LogP contribution in [0.5, 0.6) is 0 Å². The molecule has 3 aromatic carbocycles. The molecule has 1 aliphatic carbocycles. The zero-order valence-electron chi connectivity index (χ0n) is 20.8. The molecule has 8 heteroatoms. The molecule has 3 N–H and O–H groups in total. The molecule has 2 amide bonds. The SMILES string of the molecule is O=C(Nc1ccc(-c2ncc(-c3ccc(NC(=O)C4CCCCCC4)cc3)[nH]2)cc1)c1ccc(Cl)c(Cl)c1. The minimum absolute atomic E-state index is 0.114. The van der Waals surface area contributed by atoms with Gasteiger partial charge >= 0.3 is 0 Å². The van der Waals surface area contributed by atoms with Crippen molar-refractivity contribution in [2.75, 3.05) is 10.6 Å². The Morgan fingerprint density at radius 3 is 2.05 bits per heavy atom. The summed E-state index contributed by atoms with van der Waals surface area (Å²) >= 11 is 11.9. The highest BCUT2D eigenvalue weighted by atomic mass is 35.5. The summed E-state index contributed by atoms with van der Waals surface area (Å²) in [5.74, 6) is 0.682. The lowest BCUT2D eigenvalue weighted by Gasteiger charge is -2.14. The maximum absolute atomic E-state index is 12.7. The third-order valence-corrected chi connectivity index (χ3v) is 7.60. The van der Waals surface area contributed by atoms with E-state index in [1.165, 1.54) is 18.9 Å². The van der Waals surface area contributed by atoms with Crippen molar-refractivity contribution in [3.8, 4) is 22.6 Å². The summed E-state index contributed by atoms with van der Waals surface area (Å²) in [7, 11) is 0. The molecule has 38 heavy (non-hydrogen) atoms. The number of halogens is 2. The van der Waals surface area contributed by atoms with Crippen LogP contribution in [0.25, 0.3) is 22.6 Å². The van der Waals surface area contributed by atoms with Gasteiger partial charge in [0.05, 0.1) is 21.9 Å². The van der Waals surface area contributed by atoms with E-state index in [9.17, 15) is 9.59 Å². The van der Waals surface area contributed by atoms with Crippen molar-refractivity contribution >= 4 is 46.4 Å². The zero-order chi connectivity index (χ0) is 26.5. The van der Waals surface area contributed by atoms with E-state index in [1.807, 2.05) is 48.5 Å². The van der Waals surface area contributed by atoms with E-state index in [0.29, 0.717) is 27.1 Å². The van der Waals surface area contributed by atoms with Crippen molar-refractivity contribution in [2.24, 2.45) is 5.92 Å². The maximum Gasteiger partial charge on any atom is 0.255 e. The second kappa shape index (κ2) is 11.8. The van der Waals surface area contributed by atoms with Gasteiger partial charge < -0.3 is 15.6 Å². The number of H-pyrrole nitrogens is 1. The Hall–Kier alpha value is -3.61. The normalized spacial score (nSPS) is 14.1. The fourth-order valence-corrected chi connectivity index (χ4v) is 4.98. The van der Waals surface area contributed by atoms with Crippen LogP contribution in [0.3, 0.4) is 0 Å². The fraction of sp³-hybridized carbons (Fsp3) is 0.233. The number of aromatic nitrogens is 2. The molecule has 0 unspecified atom stereocenters. The lowest BCUT2D eigenvalue weighted by molar-refractivity contribution is -0.120. The van der Waals surface area contributed by atoms with Gasteiger partial charge in [-0.25, -0.2) is 4.98 Å². The van der Waals surface area contributed by atoms with E-state index < -0.39 is 0 Å². The molecule has 6 nitrogen and oxygen atoms in total. The minimum Gasteiger partial charge on any atom is -0.338 e. The van der Waals surface area contributed by atoms with Gasteiger partial charge in [0.25, 0.3) is 5.91 Å². The zero-order valence-corrected chi connectivity index (χ0v) is 22.3. The number of benzene rings is 3. The molecule has 0 spiro atoms. The lowest BCUT2D eigenvalue weighted by atomic mass is 9.99. The Bertz CT molecular complexity index is 1420. The van der Waals surface area contributed by atoms with Gasteiger partial charge in [0.15, 0.2) is 0 Å². The van der Waals surface area contributed by atoms with Crippen LogP contribution in [-0.4, -0.2) is 21.8 Å². The standard InChI is InChI=1S/C30H28Cl2N4O2/c31-25-16-11-22(17-26(25)32)30(38)35-24-14-9-20(10-15-24)28-33-18-27(36-28)19-7-12-23(13-8-19)34-29(37)21-5-3-1-2-4-6-21/h7-18,21H,1-6H2,(H,33,36)(H,34,37)(H,35,38). The van der Waals surface area contributed by atoms with Crippen molar-refractivity contribution in [2.45, 2.75) is 38.5 Å². The molecule has 0 atom stereocenters. The van der Waals surface area contributed by atoms with Gasteiger partial charge in [-0.3, -0.25) is 9.59 Å². The largest absolute Gasteiger partial charge is 0.338 e. The van der Waals surface area contributed by atoms with Crippen molar-refractivity contribution in [3.63, 3.8) is 0 Å². The molecule has 1 saturated carbocycles. The van der Waals surface area contributed by atoms with Crippen LogP contribution < -0.4 is 10.6 Å². The third-order valence-electron chi connectivity index (χ3n) is 6.86. The van der Waals surface area contributed by atoms with Crippen LogP contribution in [0.15, 0.2) is 72.9 Å². The quantitative estimate of drug-likeness (QED) is 0.213. The van der Waals surface area contributed by atoms with Gasteiger partial charge in [0.2, 0.25) is 5.91 Å². The first-order valence-corrected chi connectivity index (χ1v) is 13.5. The number of amides is 2. The van der Waals surface area contributed by atoms with Crippen LogP contribution in [0.1, 0.15) is 48.9 Å². The number of nitrogens with one attached hydrogen (secondary N) is 3. The first-order chi connectivity index (χ1) is 18.5. The molecule has 0 saturated heterocycles. The van der Waals surface area contributed by atoms with Crippen molar-refractivity contribution in [1.29, 1.82) is 0 Å². The smallest absolute Gasteiger partial charge is 0.255 e. The molecule has 0 bridgehead atoms. The molecule has 5 rings (SSSR count). The predicted molar refractivity (Wildman–Crippen MR) is 154 cm³/mol.